The largest absolute Gasteiger partial charge is 0.295 e. The molecule has 1 aromatic carbocycles. The molecule has 90 valence electrons. The van der Waals surface area contributed by atoms with E-state index in [-0.39, 0.29) is 5.54 Å². The third kappa shape index (κ3) is 2.53. The van der Waals surface area contributed by atoms with E-state index in [4.69, 9.17) is 6.42 Å². The first-order valence-electron chi connectivity index (χ1n) is 6.38. The maximum atomic E-state index is 5.56. The minimum atomic E-state index is -0.238. The van der Waals surface area contributed by atoms with E-state index >= 15 is 0 Å². The van der Waals surface area contributed by atoms with Gasteiger partial charge in [-0.3, -0.25) is 5.32 Å². The van der Waals surface area contributed by atoms with Gasteiger partial charge in [-0.2, -0.15) is 0 Å². The molecule has 0 heterocycles. The van der Waals surface area contributed by atoms with Crippen molar-refractivity contribution in [2.45, 2.75) is 51.1 Å². The number of rotatable bonds is 2. The van der Waals surface area contributed by atoms with Crippen LogP contribution >= 0.6 is 0 Å². The molecular formula is C16H21N. The molecule has 0 aromatic heterocycles. The van der Waals surface area contributed by atoms with Crippen molar-refractivity contribution in [3.8, 4) is 12.3 Å². The first-order valence-corrected chi connectivity index (χ1v) is 6.38. The molecule has 17 heavy (non-hydrogen) atoms. The monoisotopic (exact) mass is 227 g/mol. The van der Waals surface area contributed by atoms with Gasteiger partial charge >= 0.3 is 0 Å². The van der Waals surface area contributed by atoms with Crippen LogP contribution in [0.4, 0.5) is 0 Å². The lowest BCUT2D eigenvalue weighted by Crippen LogP contribution is -2.41. The zero-order valence-electron chi connectivity index (χ0n) is 11.0. The van der Waals surface area contributed by atoms with Crippen molar-refractivity contribution in [3.63, 3.8) is 0 Å². The fourth-order valence-electron chi connectivity index (χ4n) is 2.63. The van der Waals surface area contributed by atoms with Crippen LogP contribution in [-0.2, 0) is 0 Å². The van der Waals surface area contributed by atoms with Gasteiger partial charge in [-0.05, 0) is 43.7 Å². The summed E-state index contributed by atoms with van der Waals surface area (Å²) in [5.74, 6) is 3.48. The Morgan fingerprint density at radius 1 is 1.24 bits per heavy atom. The van der Waals surface area contributed by atoms with Gasteiger partial charge in [0.1, 0.15) is 0 Å². The molecule has 0 radical (unpaired) electrons. The predicted molar refractivity (Wildman–Crippen MR) is 72.9 cm³/mol. The minimum Gasteiger partial charge on any atom is -0.295 e. The van der Waals surface area contributed by atoms with E-state index in [9.17, 15) is 0 Å². The molecule has 0 aliphatic heterocycles. The summed E-state index contributed by atoms with van der Waals surface area (Å²) in [7, 11) is 0. The Kier molecular flexibility index (Phi) is 3.26. The number of hydrogen-bond acceptors (Lipinski definition) is 1. The average molecular weight is 227 g/mol. The Bertz CT molecular complexity index is 439. The molecule has 2 unspecified atom stereocenters. The molecule has 1 heteroatoms. The highest BCUT2D eigenvalue weighted by Gasteiger charge is 2.27. The smallest absolute Gasteiger partial charge is 0.0746 e. The molecule has 0 bridgehead atoms. The fourth-order valence-corrected chi connectivity index (χ4v) is 2.63. The standard InChI is InChI=1S/C16H21N/c1-5-16(3,4)17-15-11-10-12(2)13-8-6-7-9-14(13)15/h1,6-9,12,15,17H,10-11H2,2-4H3. The summed E-state index contributed by atoms with van der Waals surface area (Å²) in [6, 6.07) is 9.12. The molecule has 1 N–H and O–H groups in total. The van der Waals surface area contributed by atoms with Crippen LogP contribution < -0.4 is 5.32 Å². The maximum Gasteiger partial charge on any atom is 0.0746 e. The second kappa shape index (κ2) is 4.55. The highest BCUT2D eigenvalue weighted by atomic mass is 15.0. The summed E-state index contributed by atoms with van der Waals surface area (Å²) in [6.07, 6.45) is 7.96. The van der Waals surface area contributed by atoms with Crippen LogP contribution in [-0.4, -0.2) is 5.54 Å². The molecule has 0 saturated heterocycles. The molecule has 1 aliphatic carbocycles. The fraction of sp³-hybridized carbons (Fsp3) is 0.500. The number of benzene rings is 1. The summed E-state index contributed by atoms with van der Waals surface area (Å²) in [5.41, 5.74) is 2.66. The van der Waals surface area contributed by atoms with E-state index in [0.717, 1.165) is 0 Å². The Balaban J connectivity index is 2.28. The van der Waals surface area contributed by atoms with Gasteiger partial charge < -0.3 is 0 Å². The van der Waals surface area contributed by atoms with E-state index in [1.165, 1.54) is 24.0 Å². The van der Waals surface area contributed by atoms with Crippen LogP contribution in [0.2, 0.25) is 0 Å². The Labute approximate surface area is 105 Å². The molecule has 1 nitrogen and oxygen atoms in total. The summed E-state index contributed by atoms with van der Waals surface area (Å²) in [4.78, 5) is 0. The normalized spacial score (nSPS) is 23.9. The van der Waals surface area contributed by atoms with Gasteiger partial charge in [0.15, 0.2) is 0 Å². The van der Waals surface area contributed by atoms with Crippen molar-refractivity contribution >= 4 is 0 Å². The lowest BCUT2D eigenvalue weighted by atomic mass is 9.80. The lowest BCUT2D eigenvalue weighted by Gasteiger charge is -2.34. The van der Waals surface area contributed by atoms with E-state index in [0.29, 0.717) is 12.0 Å². The van der Waals surface area contributed by atoms with Crippen LogP contribution in [0.25, 0.3) is 0 Å². The van der Waals surface area contributed by atoms with Gasteiger partial charge in [-0.25, -0.2) is 0 Å². The second-order valence-electron chi connectivity index (χ2n) is 5.57. The van der Waals surface area contributed by atoms with Gasteiger partial charge in [0, 0.05) is 6.04 Å². The third-order valence-electron chi connectivity index (χ3n) is 3.69. The first kappa shape index (κ1) is 12.2. The molecule has 2 atom stereocenters. The molecule has 0 saturated carbocycles. The highest BCUT2D eigenvalue weighted by Crippen LogP contribution is 2.37. The molecule has 2 rings (SSSR count). The summed E-state index contributed by atoms with van der Waals surface area (Å²) >= 11 is 0. The van der Waals surface area contributed by atoms with Crippen molar-refractivity contribution < 1.29 is 0 Å². The topological polar surface area (TPSA) is 12.0 Å². The minimum absolute atomic E-state index is 0.238. The molecule has 0 fully saturated rings. The van der Waals surface area contributed by atoms with Gasteiger partial charge in [-0.1, -0.05) is 37.1 Å². The van der Waals surface area contributed by atoms with Crippen molar-refractivity contribution in [3.05, 3.63) is 35.4 Å². The zero-order valence-corrected chi connectivity index (χ0v) is 11.0. The third-order valence-corrected chi connectivity index (χ3v) is 3.69. The van der Waals surface area contributed by atoms with E-state index < -0.39 is 0 Å². The number of terminal acetylenes is 1. The van der Waals surface area contributed by atoms with Gasteiger partial charge in [-0.15, -0.1) is 6.42 Å². The van der Waals surface area contributed by atoms with Crippen molar-refractivity contribution in [2.75, 3.05) is 0 Å². The van der Waals surface area contributed by atoms with Crippen molar-refractivity contribution in [1.29, 1.82) is 0 Å². The second-order valence-corrected chi connectivity index (χ2v) is 5.57. The van der Waals surface area contributed by atoms with Gasteiger partial charge in [0.05, 0.1) is 5.54 Å². The van der Waals surface area contributed by atoms with Crippen LogP contribution in [0.5, 0.6) is 0 Å². The molecular weight excluding hydrogens is 206 g/mol. The predicted octanol–water partition coefficient (Wildman–Crippen LogP) is 3.63. The first-order chi connectivity index (χ1) is 8.03. The number of fused-ring (bicyclic) bond motifs is 1. The van der Waals surface area contributed by atoms with Crippen LogP contribution in [0, 0.1) is 12.3 Å². The van der Waals surface area contributed by atoms with Gasteiger partial charge in [0.2, 0.25) is 0 Å². The average Bonchev–Trinajstić information content (AvgIpc) is 2.33. The van der Waals surface area contributed by atoms with E-state index in [2.05, 4.69) is 56.3 Å². The highest BCUT2D eigenvalue weighted by molar-refractivity contribution is 5.35. The van der Waals surface area contributed by atoms with Crippen molar-refractivity contribution in [1.82, 2.24) is 5.32 Å². The van der Waals surface area contributed by atoms with Crippen molar-refractivity contribution in [2.24, 2.45) is 0 Å². The van der Waals surface area contributed by atoms with Gasteiger partial charge in [0.25, 0.3) is 0 Å². The number of nitrogens with one attached hydrogen (secondary N) is 1. The Hall–Kier alpha value is -1.26. The Morgan fingerprint density at radius 2 is 1.88 bits per heavy atom. The quantitative estimate of drug-likeness (QED) is 0.761. The zero-order chi connectivity index (χ0) is 12.5. The van der Waals surface area contributed by atoms with Crippen LogP contribution in [0.3, 0.4) is 0 Å². The number of hydrogen-bond donors (Lipinski definition) is 1. The molecule has 0 spiro atoms. The molecule has 1 aliphatic rings. The van der Waals surface area contributed by atoms with Crippen LogP contribution in [0.15, 0.2) is 24.3 Å². The molecule has 0 amide bonds. The lowest BCUT2D eigenvalue weighted by molar-refractivity contribution is 0.361. The molecule has 1 aromatic rings. The Morgan fingerprint density at radius 3 is 2.53 bits per heavy atom. The maximum absolute atomic E-state index is 5.56. The van der Waals surface area contributed by atoms with E-state index in [1.54, 1.807) is 0 Å². The van der Waals surface area contributed by atoms with Crippen LogP contribution in [0.1, 0.15) is 56.7 Å². The van der Waals surface area contributed by atoms with E-state index in [1.807, 2.05) is 0 Å². The summed E-state index contributed by atoms with van der Waals surface area (Å²) < 4.78 is 0. The summed E-state index contributed by atoms with van der Waals surface area (Å²) in [5, 5.41) is 3.59. The SMILES string of the molecule is C#CC(C)(C)NC1CCC(C)c2ccccc21. The summed E-state index contributed by atoms with van der Waals surface area (Å²) in [6.45, 7) is 6.43.